The normalized spacial score (nSPS) is 18.5. The van der Waals surface area contributed by atoms with Gasteiger partial charge < -0.3 is 20.1 Å². The highest BCUT2D eigenvalue weighted by atomic mass is 16.5. The van der Waals surface area contributed by atoms with Gasteiger partial charge >= 0.3 is 0 Å². The largest absolute Gasteiger partial charge is 0.385 e. The summed E-state index contributed by atoms with van der Waals surface area (Å²) in [5.41, 5.74) is 5.31. The SMILES string of the molecule is COCCCN[C@@H](C)[C@@H](O)C(=O)N1CCN(C2c3ccccc3-c3ccccc32)CC1. The zero-order chi connectivity index (χ0) is 21.8. The van der Waals surface area contributed by atoms with E-state index >= 15 is 0 Å². The molecule has 166 valence electrons. The average Bonchev–Trinajstić information content (AvgIpc) is 3.15. The van der Waals surface area contributed by atoms with E-state index in [0.29, 0.717) is 26.2 Å². The van der Waals surface area contributed by atoms with Gasteiger partial charge in [-0.1, -0.05) is 48.5 Å². The number of hydrogen-bond donors (Lipinski definition) is 2. The molecule has 1 heterocycles. The Bertz CT molecular complexity index is 850. The number of rotatable bonds is 8. The fraction of sp³-hybridized carbons (Fsp3) is 0.480. The molecule has 4 rings (SSSR count). The Morgan fingerprint density at radius 3 is 2.23 bits per heavy atom. The minimum absolute atomic E-state index is 0.182. The zero-order valence-corrected chi connectivity index (χ0v) is 18.5. The minimum atomic E-state index is -1.03. The Labute approximate surface area is 184 Å². The van der Waals surface area contributed by atoms with Crippen LogP contribution in [0.2, 0.25) is 0 Å². The fourth-order valence-electron chi connectivity index (χ4n) is 4.78. The van der Waals surface area contributed by atoms with Crippen LogP contribution in [-0.2, 0) is 9.53 Å². The van der Waals surface area contributed by atoms with Gasteiger partial charge in [-0.05, 0) is 42.1 Å². The van der Waals surface area contributed by atoms with E-state index in [9.17, 15) is 9.90 Å². The molecule has 6 nitrogen and oxygen atoms in total. The van der Waals surface area contributed by atoms with Crippen LogP contribution < -0.4 is 5.32 Å². The molecule has 1 aliphatic heterocycles. The molecule has 1 fully saturated rings. The molecule has 2 N–H and O–H groups in total. The molecule has 0 unspecified atom stereocenters. The lowest BCUT2D eigenvalue weighted by Gasteiger charge is -2.39. The lowest BCUT2D eigenvalue weighted by Crippen LogP contribution is -2.55. The lowest BCUT2D eigenvalue weighted by molar-refractivity contribution is -0.143. The third-order valence-electron chi connectivity index (χ3n) is 6.51. The van der Waals surface area contributed by atoms with Crippen LogP contribution in [0.4, 0.5) is 0 Å². The molecule has 2 aromatic rings. The summed E-state index contributed by atoms with van der Waals surface area (Å²) < 4.78 is 5.04. The summed E-state index contributed by atoms with van der Waals surface area (Å²) in [4.78, 5) is 17.1. The van der Waals surface area contributed by atoms with Crippen molar-refractivity contribution < 1.29 is 14.6 Å². The van der Waals surface area contributed by atoms with Crippen LogP contribution in [-0.4, -0.2) is 79.4 Å². The number of carbonyl (C=O) groups excluding carboxylic acids is 1. The zero-order valence-electron chi connectivity index (χ0n) is 18.5. The van der Waals surface area contributed by atoms with E-state index in [4.69, 9.17) is 4.74 Å². The molecule has 0 saturated carbocycles. The number of aliphatic hydroxyl groups is 1. The lowest BCUT2D eigenvalue weighted by atomic mass is 10.0. The van der Waals surface area contributed by atoms with E-state index < -0.39 is 6.10 Å². The highest BCUT2D eigenvalue weighted by Gasteiger charge is 2.36. The number of benzene rings is 2. The Morgan fingerprint density at radius 2 is 1.65 bits per heavy atom. The predicted molar refractivity (Wildman–Crippen MR) is 122 cm³/mol. The molecule has 0 spiro atoms. The van der Waals surface area contributed by atoms with Crippen molar-refractivity contribution in [2.24, 2.45) is 0 Å². The topological polar surface area (TPSA) is 65.0 Å². The van der Waals surface area contributed by atoms with E-state index in [0.717, 1.165) is 19.5 Å². The summed E-state index contributed by atoms with van der Waals surface area (Å²) in [6, 6.07) is 17.2. The number of aliphatic hydroxyl groups excluding tert-OH is 1. The second kappa shape index (κ2) is 9.92. The van der Waals surface area contributed by atoms with Gasteiger partial charge in [-0.15, -0.1) is 0 Å². The van der Waals surface area contributed by atoms with Gasteiger partial charge in [0.15, 0.2) is 0 Å². The van der Waals surface area contributed by atoms with Crippen LogP contribution in [0.5, 0.6) is 0 Å². The number of hydrogen-bond acceptors (Lipinski definition) is 5. The first-order valence-electron chi connectivity index (χ1n) is 11.2. The molecule has 0 bridgehead atoms. The highest BCUT2D eigenvalue weighted by molar-refractivity contribution is 5.81. The van der Waals surface area contributed by atoms with Gasteiger partial charge in [-0.2, -0.15) is 0 Å². The monoisotopic (exact) mass is 423 g/mol. The smallest absolute Gasteiger partial charge is 0.253 e. The maximum Gasteiger partial charge on any atom is 0.253 e. The van der Waals surface area contributed by atoms with Gasteiger partial charge in [0.05, 0.1) is 6.04 Å². The molecular weight excluding hydrogens is 390 g/mol. The van der Waals surface area contributed by atoms with Gasteiger partial charge in [0, 0.05) is 45.9 Å². The van der Waals surface area contributed by atoms with Crippen molar-refractivity contribution in [3.63, 3.8) is 0 Å². The number of methoxy groups -OCH3 is 1. The minimum Gasteiger partial charge on any atom is -0.385 e. The quantitative estimate of drug-likeness (QED) is 0.638. The van der Waals surface area contributed by atoms with Crippen molar-refractivity contribution in [1.29, 1.82) is 0 Å². The van der Waals surface area contributed by atoms with Crippen LogP contribution in [0.1, 0.15) is 30.5 Å². The van der Waals surface area contributed by atoms with Crippen molar-refractivity contribution in [1.82, 2.24) is 15.1 Å². The third-order valence-corrected chi connectivity index (χ3v) is 6.51. The number of amides is 1. The van der Waals surface area contributed by atoms with Crippen LogP contribution in [0.3, 0.4) is 0 Å². The summed E-state index contributed by atoms with van der Waals surface area (Å²) in [7, 11) is 1.67. The van der Waals surface area contributed by atoms with Crippen LogP contribution >= 0.6 is 0 Å². The maximum absolute atomic E-state index is 12.8. The van der Waals surface area contributed by atoms with Gasteiger partial charge in [-0.25, -0.2) is 0 Å². The van der Waals surface area contributed by atoms with Crippen LogP contribution in [0.25, 0.3) is 11.1 Å². The Balaban J connectivity index is 1.37. The van der Waals surface area contributed by atoms with Gasteiger partial charge in [0.2, 0.25) is 0 Å². The van der Waals surface area contributed by atoms with E-state index in [1.54, 1.807) is 12.0 Å². The molecule has 31 heavy (non-hydrogen) atoms. The molecule has 2 atom stereocenters. The standard InChI is InChI=1S/C25H33N3O3/c1-18(26-12-7-17-31-2)24(29)25(30)28-15-13-27(14-16-28)23-21-10-5-3-8-19(21)20-9-4-6-11-22(20)23/h3-6,8-11,18,23-24,26,29H,7,12-17H2,1-2H3/t18-,24+/m0/s1. The van der Waals surface area contributed by atoms with Crippen molar-refractivity contribution in [3.8, 4) is 11.1 Å². The molecule has 2 aromatic carbocycles. The number of piperazine rings is 1. The van der Waals surface area contributed by atoms with E-state index in [2.05, 4.69) is 58.7 Å². The predicted octanol–water partition coefficient (Wildman–Crippen LogP) is 2.28. The Morgan fingerprint density at radius 1 is 1.06 bits per heavy atom. The molecule has 0 radical (unpaired) electrons. The van der Waals surface area contributed by atoms with E-state index in [1.165, 1.54) is 22.3 Å². The van der Waals surface area contributed by atoms with Crippen molar-refractivity contribution in [2.45, 2.75) is 31.5 Å². The molecule has 6 heteroatoms. The van der Waals surface area contributed by atoms with Crippen LogP contribution in [0.15, 0.2) is 48.5 Å². The first-order chi connectivity index (χ1) is 15.1. The summed E-state index contributed by atoms with van der Waals surface area (Å²) in [5, 5.41) is 13.8. The second-order valence-corrected chi connectivity index (χ2v) is 8.47. The summed E-state index contributed by atoms with van der Waals surface area (Å²) in [6.45, 7) is 6.09. The Kier molecular flexibility index (Phi) is 7.02. The van der Waals surface area contributed by atoms with E-state index in [-0.39, 0.29) is 18.0 Å². The number of nitrogens with one attached hydrogen (secondary N) is 1. The number of fused-ring (bicyclic) bond motifs is 3. The van der Waals surface area contributed by atoms with Crippen molar-refractivity contribution in [3.05, 3.63) is 59.7 Å². The fourth-order valence-corrected chi connectivity index (χ4v) is 4.78. The molecule has 1 saturated heterocycles. The number of carbonyl (C=O) groups is 1. The second-order valence-electron chi connectivity index (χ2n) is 8.47. The van der Waals surface area contributed by atoms with E-state index in [1.807, 2.05) is 6.92 Å². The third kappa shape index (κ3) is 4.53. The van der Waals surface area contributed by atoms with Gasteiger partial charge in [0.25, 0.3) is 5.91 Å². The van der Waals surface area contributed by atoms with Crippen LogP contribution in [0, 0.1) is 0 Å². The molecule has 1 amide bonds. The summed E-state index contributed by atoms with van der Waals surface area (Å²) >= 11 is 0. The van der Waals surface area contributed by atoms with Crippen molar-refractivity contribution >= 4 is 5.91 Å². The highest BCUT2D eigenvalue weighted by Crippen LogP contribution is 2.46. The van der Waals surface area contributed by atoms with Crippen molar-refractivity contribution in [2.75, 3.05) is 46.4 Å². The maximum atomic E-state index is 12.8. The van der Waals surface area contributed by atoms with Gasteiger partial charge in [-0.3, -0.25) is 9.69 Å². The van der Waals surface area contributed by atoms with Gasteiger partial charge in [0.1, 0.15) is 6.10 Å². The number of nitrogens with zero attached hydrogens (tertiary/aromatic N) is 2. The summed E-state index contributed by atoms with van der Waals surface area (Å²) in [5.74, 6) is -0.182. The molecule has 1 aliphatic carbocycles. The first kappa shape index (κ1) is 22.0. The molecular formula is C25H33N3O3. The summed E-state index contributed by atoms with van der Waals surface area (Å²) in [6.07, 6.45) is -0.174. The first-order valence-corrected chi connectivity index (χ1v) is 11.2. The molecule has 0 aromatic heterocycles. The number of ether oxygens (including phenoxy) is 1. The Hall–Kier alpha value is -2.25. The molecule has 2 aliphatic rings. The average molecular weight is 424 g/mol.